The molecule has 1 atom stereocenters. The van der Waals surface area contributed by atoms with Crippen LogP contribution in [-0.4, -0.2) is 57.8 Å². The van der Waals surface area contributed by atoms with Crippen LogP contribution in [0.1, 0.15) is 50.2 Å². The fraction of sp³-hybridized carbons (Fsp3) is 0.667. The fourth-order valence-corrected chi connectivity index (χ4v) is 4.37. The molecule has 2 N–H and O–H groups in total. The number of likely N-dealkylation sites (tertiary alicyclic amines) is 1. The van der Waals surface area contributed by atoms with E-state index in [0.717, 1.165) is 56.8 Å². The monoisotopic (exact) mass is 417 g/mol. The summed E-state index contributed by atoms with van der Waals surface area (Å²) in [5.41, 5.74) is 0. The van der Waals surface area contributed by atoms with Crippen molar-refractivity contribution in [2.75, 3.05) is 26.2 Å². The second-order valence-electron chi connectivity index (χ2n) is 7.63. The number of aromatic nitrogens is 3. The Hall–Kier alpha value is -1.93. The molecule has 0 amide bonds. The van der Waals surface area contributed by atoms with E-state index in [-0.39, 0.29) is 0 Å². The number of rotatable bonds is 10. The van der Waals surface area contributed by atoms with Crippen LogP contribution in [0.4, 0.5) is 0 Å². The maximum Gasteiger partial charge on any atom is 0.191 e. The van der Waals surface area contributed by atoms with Gasteiger partial charge in [0.2, 0.25) is 0 Å². The number of piperidine rings is 1. The van der Waals surface area contributed by atoms with Gasteiger partial charge in [0.15, 0.2) is 5.96 Å². The van der Waals surface area contributed by atoms with E-state index in [1.165, 1.54) is 30.7 Å². The van der Waals surface area contributed by atoms with Crippen LogP contribution in [0.5, 0.6) is 0 Å². The predicted octanol–water partition coefficient (Wildman–Crippen LogP) is 2.90. The van der Waals surface area contributed by atoms with Gasteiger partial charge in [-0.2, -0.15) is 0 Å². The maximum absolute atomic E-state index is 4.78. The van der Waals surface area contributed by atoms with Gasteiger partial charge in [0.1, 0.15) is 12.2 Å². The van der Waals surface area contributed by atoms with E-state index in [1.54, 1.807) is 17.7 Å². The molecule has 1 fully saturated rings. The van der Waals surface area contributed by atoms with E-state index in [0.29, 0.717) is 6.54 Å². The minimum atomic E-state index is 0.711. The molecule has 29 heavy (non-hydrogen) atoms. The molecule has 1 aliphatic heterocycles. The second kappa shape index (κ2) is 11.9. The van der Waals surface area contributed by atoms with E-state index in [2.05, 4.69) is 61.7 Å². The summed E-state index contributed by atoms with van der Waals surface area (Å²) in [5.74, 6) is 1.91. The second-order valence-corrected chi connectivity index (χ2v) is 8.66. The maximum atomic E-state index is 4.78. The molecule has 0 spiro atoms. The first-order chi connectivity index (χ1) is 14.3. The lowest BCUT2D eigenvalue weighted by atomic mass is 10.0. The Morgan fingerprint density at radius 1 is 1.28 bits per heavy atom. The molecule has 0 radical (unpaired) electrons. The van der Waals surface area contributed by atoms with Gasteiger partial charge in [-0.3, -0.25) is 0 Å². The standard InChI is InChI=1S/C21H35N7S/c1-3-20-26-25-17-28(20)14-11-23-21(24-16-19-9-6-15-29-19)22-10-7-13-27-12-5-4-8-18(27)2/h6,9,15,17-18H,3-5,7-8,10-14,16H2,1-2H3,(H2,22,23,24). The van der Waals surface area contributed by atoms with Crippen molar-refractivity contribution in [1.29, 1.82) is 0 Å². The van der Waals surface area contributed by atoms with Crippen molar-refractivity contribution in [3.63, 3.8) is 0 Å². The molecule has 3 heterocycles. The minimum Gasteiger partial charge on any atom is -0.356 e. The molecule has 0 aromatic carbocycles. The highest BCUT2D eigenvalue weighted by Gasteiger charge is 2.17. The van der Waals surface area contributed by atoms with Crippen molar-refractivity contribution in [3.8, 4) is 0 Å². The van der Waals surface area contributed by atoms with Gasteiger partial charge >= 0.3 is 0 Å². The minimum absolute atomic E-state index is 0.711. The molecule has 0 bridgehead atoms. The Morgan fingerprint density at radius 2 is 2.17 bits per heavy atom. The third-order valence-electron chi connectivity index (χ3n) is 5.49. The van der Waals surface area contributed by atoms with Crippen LogP contribution in [0.3, 0.4) is 0 Å². The number of aryl methyl sites for hydroxylation is 1. The quantitative estimate of drug-likeness (QED) is 0.353. The van der Waals surface area contributed by atoms with Gasteiger partial charge in [0.05, 0.1) is 6.54 Å². The number of hydrogen-bond donors (Lipinski definition) is 2. The zero-order valence-electron chi connectivity index (χ0n) is 17.8. The Bertz CT molecular complexity index is 725. The number of guanidine groups is 1. The molecule has 3 rings (SSSR count). The van der Waals surface area contributed by atoms with E-state index < -0.39 is 0 Å². The Balaban J connectivity index is 1.45. The van der Waals surface area contributed by atoms with Gasteiger partial charge < -0.3 is 20.1 Å². The summed E-state index contributed by atoms with van der Waals surface area (Å²) >= 11 is 1.75. The molecule has 7 nitrogen and oxygen atoms in total. The summed E-state index contributed by atoms with van der Waals surface area (Å²) in [6.07, 6.45) is 7.89. The van der Waals surface area contributed by atoms with Crippen molar-refractivity contribution in [2.45, 2.75) is 65.1 Å². The van der Waals surface area contributed by atoms with Gasteiger partial charge in [-0.05, 0) is 44.2 Å². The van der Waals surface area contributed by atoms with Crippen molar-refractivity contribution in [2.24, 2.45) is 4.99 Å². The third-order valence-corrected chi connectivity index (χ3v) is 6.35. The van der Waals surface area contributed by atoms with E-state index in [1.807, 2.05) is 0 Å². The molecule has 0 saturated carbocycles. The van der Waals surface area contributed by atoms with Gasteiger partial charge in [-0.25, -0.2) is 4.99 Å². The molecule has 2 aromatic rings. The lowest BCUT2D eigenvalue weighted by Gasteiger charge is -2.33. The zero-order chi connectivity index (χ0) is 20.3. The van der Waals surface area contributed by atoms with Crippen LogP contribution < -0.4 is 10.6 Å². The normalized spacial score (nSPS) is 18.1. The number of aliphatic imine (C=N–C) groups is 1. The number of nitrogens with zero attached hydrogens (tertiary/aromatic N) is 5. The molecule has 2 aromatic heterocycles. The Labute approximate surface area is 178 Å². The SMILES string of the molecule is CCc1nncn1CCNC(=NCc1cccs1)NCCCN1CCCCC1C. The smallest absolute Gasteiger partial charge is 0.191 e. The molecule has 0 aliphatic carbocycles. The highest BCUT2D eigenvalue weighted by atomic mass is 32.1. The topological polar surface area (TPSA) is 70.4 Å². The predicted molar refractivity (Wildman–Crippen MR) is 120 cm³/mol. The van der Waals surface area contributed by atoms with Crippen LogP contribution in [0, 0.1) is 0 Å². The highest BCUT2D eigenvalue weighted by molar-refractivity contribution is 7.09. The lowest BCUT2D eigenvalue weighted by molar-refractivity contribution is 0.159. The van der Waals surface area contributed by atoms with Crippen molar-refractivity contribution < 1.29 is 0 Å². The summed E-state index contributed by atoms with van der Waals surface area (Å²) < 4.78 is 2.10. The number of nitrogens with one attached hydrogen (secondary N) is 2. The zero-order valence-corrected chi connectivity index (χ0v) is 18.6. The lowest BCUT2D eigenvalue weighted by Crippen LogP contribution is -2.42. The summed E-state index contributed by atoms with van der Waals surface area (Å²) in [4.78, 5) is 8.68. The molecule has 1 aliphatic rings. The summed E-state index contributed by atoms with van der Waals surface area (Å²) in [7, 11) is 0. The first kappa shape index (κ1) is 21.8. The van der Waals surface area contributed by atoms with Gasteiger partial charge in [0, 0.05) is 43.5 Å². The van der Waals surface area contributed by atoms with Crippen LogP contribution in [0.2, 0.25) is 0 Å². The molecule has 160 valence electrons. The molecule has 1 saturated heterocycles. The average molecular weight is 418 g/mol. The molecular formula is C21H35N7S. The van der Waals surface area contributed by atoms with E-state index in [4.69, 9.17) is 4.99 Å². The van der Waals surface area contributed by atoms with Crippen LogP contribution in [0.15, 0.2) is 28.8 Å². The largest absolute Gasteiger partial charge is 0.356 e. The third kappa shape index (κ3) is 7.12. The van der Waals surface area contributed by atoms with Crippen LogP contribution >= 0.6 is 11.3 Å². The van der Waals surface area contributed by atoms with Crippen LogP contribution in [-0.2, 0) is 19.5 Å². The van der Waals surface area contributed by atoms with Crippen LogP contribution in [0.25, 0.3) is 0 Å². The van der Waals surface area contributed by atoms with Crippen molar-refractivity contribution >= 4 is 17.3 Å². The first-order valence-electron chi connectivity index (χ1n) is 10.9. The van der Waals surface area contributed by atoms with Gasteiger partial charge in [0.25, 0.3) is 0 Å². The van der Waals surface area contributed by atoms with Crippen molar-refractivity contribution in [1.82, 2.24) is 30.3 Å². The number of thiophene rings is 1. The molecule has 8 heteroatoms. The van der Waals surface area contributed by atoms with Crippen molar-refractivity contribution in [3.05, 3.63) is 34.5 Å². The summed E-state index contributed by atoms with van der Waals surface area (Å²) in [6.45, 7) is 10.1. The summed E-state index contributed by atoms with van der Waals surface area (Å²) in [5, 5.41) is 17.3. The van der Waals surface area contributed by atoms with E-state index in [9.17, 15) is 0 Å². The highest BCUT2D eigenvalue weighted by Crippen LogP contribution is 2.16. The molecule has 1 unspecified atom stereocenters. The van der Waals surface area contributed by atoms with Gasteiger partial charge in [-0.15, -0.1) is 21.5 Å². The van der Waals surface area contributed by atoms with E-state index >= 15 is 0 Å². The Morgan fingerprint density at radius 3 is 2.97 bits per heavy atom. The fourth-order valence-electron chi connectivity index (χ4n) is 3.75. The Kier molecular flexibility index (Phi) is 8.95. The van der Waals surface area contributed by atoms with Gasteiger partial charge in [-0.1, -0.05) is 19.4 Å². The average Bonchev–Trinajstić information content (AvgIpc) is 3.41. The number of hydrogen-bond acceptors (Lipinski definition) is 5. The molecular weight excluding hydrogens is 382 g/mol. The first-order valence-corrected chi connectivity index (χ1v) is 11.8. The summed E-state index contributed by atoms with van der Waals surface area (Å²) in [6, 6.07) is 4.94.